The molecule has 11 heteroatoms. The smallest absolute Gasteiger partial charge is 0.311 e. The van der Waals surface area contributed by atoms with Gasteiger partial charge in [0, 0.05) is 44.8 Å². The van der Waals surface area contributed by atoms with Crippen molar-refractivity contribution < 1.29 is 52.2 Å². The van der Waals surface area contributed by atoms with Gasteiger partial charge in [-0.15, -0.1) is 0 Å². The summed E-state index contributed by atoms with van der Waals surface area (Å²) in [4.78, 5) is 25.0. The molecule has 6 rings (SSSR count). The third-order valence-corrected chi connectivity index (χ3v) is 14.7. The molecular formula is C45H70O11. The van der Waals surface area contributed by atoms with Gasteiger partial charge in [0.2, 0.25) is 5.79 Å². The Kier molecular flexibility index (Phi) is 13.5. The SMILES string of the molecule is CC[C@@]1([C@@H]2O[C@@H]([C@H]3O[C@](C=O)(OC)[C@H](C)C[C@@H]3C)C[C@@H]2C)CC[C@H]([C@]2(C)CC[C@]3(C[C@H](OCc4ccccc4)[C@@H](C)[C@@H]([C@@H](C)[C@@H](OC)[C@H](C)C(=O)OC)O3)O2)O1. The summed E-state index contributed by atoms with van der Waals surface area (Å²) < 4.78 is 58.7. The van der Waals surface area contributed by atoms with Crippen LogP contribution in [0, 0.1) is 35.5 Å². The lowest BCUT2D eigenvalue weighted by atomic mass is 9.78. The van der Waals surface area contributed by atoms with E-state index >= 15 is 0 Å². The van der Waals surface area contributed by atoms with E-state index in [1.165, 1.54) is 7.11 Å². The van der Waals surface area contributed by atoms with Gasteiger partial charge in [0.05, 0.1) is 73.6 Å². The molecule has 1 aromatic rings. The second kappa shape index (κ2) is 17.3. The number of benzene rings is 1. The van der Waals surface area contributed by atoms with Crippen molar-refractivity contribution in [3.63, 3.8) is 0 Å². The molecule has 5 aliphatic heterocycles. The topological polar surface area (TPSA) is 117 Å². The first-order valence-electron chi connectivity index (χ1n) is 21.3. The van der Waals surface area contributed by atoms with E-state index in [-0.39, 0.29) is 72.2 Å². The molecule has 5 heterocycles. The molecule has 56 heavy (non-hydrogen) atoms. The summed E-state index contributed by atoms with van der Waals surface area (Å²) in [6, 6.07) is 10.2. The van der Waals surface area contributed by atoms with E-state index < -0.39 is 34.8 Å². The molecule has 0 aliphatic carbocycles. The molecule has 316 valence electrons. The minimum atomic E-state index is -1.25. The average molecular weight is 787 g/mol. The van der Waals surface area contributed by atoms with Gasteiger partial charge in [0.1, 0.15) is 0 Å². The van der Waals surface area contributed by atoms with E-state index in [9.17, 15) is 9.59 Å². The summed E-state index contributed by atoms with van der Waals surface area (Å²) in [5.74, 6) is -2.70. The van der Waals surface area contributed by atoms with Crippen LogP contribution >= 0.6 is 0 Å². The summed E-state index contributed by atoms with van der Waals surface area (Å²) in [5, 5.41) is 0. The number of esters is 1. The molecule has 0 aromatic heterocycles. The first-order valence-corrected chi connectivity index (χ1v) is 21.3. The van der Waals surface area contributed by atoms with Crippen LogP contribution in [0.3, 0.4) is 0 Å². The zero-order valence-corrected chi connectivity index (χ0v) is 35.8. The molecular weight excluding hydrogens is 716 g/mol. The fraction of sp³-hybridized carbons (Fsp3) is 0.822. The predicted molar refractivity (Wildman–Crippen MR) is 209 cm³/mol. The number of carbonyl (C=O) groups excluding carboxylic acids is 2. The van der Waals surface area contributed by atoms with Gasteiger partial charge in [-0.25, -0.2) is 0 Å². The largest absolute Gasteiger partial charge is 0.469 e. The Bertz CT molecular complexity index is 1480. The van der Waals surface area contributed by atoms with Gasteiger partial charge in [0.25, 0.3) is 0 Å². The maximum absolute atomic E-state index is 12.7. The summed E-state index contributed by atoms with van der Waals surface area (Å²) >= 11 is 0. The quantitative estimate of drug-likeness (QED) is 0.138. The lowest BCUT2D eigenvalue weighted by Crippen LogP contribution is -2.57. The molecule has 0 radical (unpaired) electrons. The summed E-state index contributed by atoms with van der Waals surface area (Å²) in [5.41, 5.74) is 0.0265. The van der Waals surface area contributed by atoms with E-state index in [4.69, 9.17) is 42.6 Å². The standard InChI is InChI=1S/C45H70O11/c1-12-43(40-28(3)23-34(52-40)37-27(2)22-29(4)45(26-46,50-11)55-37)19-18-36(53-43)42(8)20-21-44(56-42)24-35(51-25-33-16-14-13-15-17-33)30(5)39(54-44)31(6)38(48-9)32(7)41(47)49-10/h13-17,26-32,34-40H,12,18-25H2,1-11H3/t27-,28-,29+,30+,31-,32-,34+,35-,36+,37-,38+,39-,40+,42-,43-,44+,45-/m0/s1. The average Bonchev–Trinajstić information content (AvgIpc) is 3.92. The van der Waals surface area contributed by atoms with Crippen LogP contribution in [0.5, 0.6) is 0 Å². The lowest BCUT2D eigenvalue weighted by Gasteiger charge is -2.50. The predicted octanol–water partition coefficient (Wildman–Crippen LogP) is 7.45. The third-order valence-electron chi connectivity index (χ3n) is 14.7. The maximum atomic E-state index is 12.7. The minimum absolute atomic E-state index is 0.00126. The number of hydrogen-bond donors (Lipinski definition) is 0. The number of methoxy groups -OCH3 is 3. The highest BCUT2D eigenvalue weighted by molar-refractivity contribution is 5.72. The summed E-state index contributed by atoms with van der Waals surface area (Å²) in [7, 11) is 4.60. The van der Waals surface area contributed by atoms with Gasteiger partial charge in [-0.1, -0.05) is 71.9 Å². The zero-order chi connectivity index (χ0) is 40.6. The van der Waals surface area contributed by atoms with Crippen molar-refractivity contribution in [3.05, 3.63) is 35.9 Å². The second-order valence-corrected chi connectivity index (χ2v) is 18.3. The molecule has 5 fully saturated rings. The van der Waals surface area contributed by atoms with Crippen LogP contribution in [0.15, 0.2) is 30.3 Å². The van der Waals surface area contributed by atoms with Crippen LogP contribution in [0.1, 0.15) is 112 Å². The van der Waals surface area contributed by atoms with Gasteiger partial charge in [-0.3, -0.25) is 9.59 Å². The highest BCUT2D eigenvalue weighted by Gasteiger charge is 2.62. The Morgan fingerprint density at radius 2 is 1.70 bits per heavy atom. The van der Waals surface area contributed by atoms with Crippen molar-refractivity contribution in [2.75, 3.05) is 21.3 Å². The molecule has 5 aliphatic rings. The van der Waals surface area contributed by atoms with Crippen molar-refractivity contribution >= 4 is 12.3 Å². The number of ether oxygens (including phenoxy) is 9. The van der Waals surface area contributed by atoms with Crippen LogP contribution < -0.4 is 0 Å². The highest BCUT2D eigenvalue weighted by Crippen LogP contribution is 2.55. The number of hydrogen-bond acceptors (Lipinski definition) is 11. The van der Waals surface area contributed by atoms with Crippen molar-refractivity contribution in [2.24, 2.45) is 35.5 Å². The Labute approximate surface area is 335 Å². The second-order valence-electron chi connectivity index (χ2n) is 18.3. The van der Waals surface area contributed by atoms with Gasteiger partial charge >= 0.3 is 5.97 Å². The normalized spacial score (nSPS) is 44.4. The Hall–Kier alpha value is -1.96. The molecule has 1 spiro atoms. The van der Waals surface area contributed by atoms with Crippen LogP contribution in [0.25, 0.3) is 0 Å². The highest BCUT2D eigenvalue weighted by atomic mass is 16.7. The molecule has 1 aromatic carbocycles. The zero-order valence-electron chi connectivity index (χ0n) is 35.8. The number of carbonyl (C=O) groups is 2. The molecule has 0 N–H and O–H groups in total. The van der Waals surface area contributed by atoms with Crippen LogP contribution in [0.2, 0.25) is 0 Å². The van der Waals surface area contributed by atoms with E-state index in [1.807, 2.05) is 32.0 Å². The minimum Gasteiger partial charge on any atom is -0.469 e. The first kappa shape index (κ1) is 43.6. The van der Waals surface area contributed by atoms with Gasteiger partial charge < -0.3 is 42.6 Å². The molecule has 17 atom stereocenters. The van der Waals surface area contributed by atoms with E-state index in [1.54, 1.807) is 14.2 Å². The lowest BCUT2D eigenvalue weighted by molar-refractivity contribution is -0.339. The van der Waals surface area contributed by atoms with Gasteiger partial charge in [-0.05, 0) is 69.8 Å². The Morgan fingerprint density at radius 1 is 0.964 bits per heavy atom. The van der Waals surface area contributed by atoms with E-state index in [0.29, 0.717) is 19.4 Å². The Morgan fingerprint density at radius 3 is 2.34 bits per heavy atom. The van der Waals surface area contributed by atoms with Crippen LogP contribution in [-0.2, 0) is 58.8 Å². The Balaban J connectivity index is 1.20. The van der Waals surface area contributed by atoms with Crippen molar-refractivity contribution in [1.82, 2.24) is 0 Å². The van der Waals surface area contributed by atoms with E-state index in [2.05, 4.69) is 53.7 Å². The monoisotopic (exact) mass is 786 g/mol. The molecule has 0 bridgehead atoms. The van der Waals surface area contributed by atoms with Crippen molar-refractivity contribution in [2.45, 2.75) is 179 Å². The molecule has 0 amide bonds. The summed E-state index contributed by atoms with van der Waals surface area (Å²) in [6.45, 7) is 17.4. The first-order chi connectivity index (χ1) is 26.6. The fourth-order valence-corrected chi connectivity index (χ4v) is 11.3. The van der Waals surface area contributed by atoms with Crippen molar-refractivity contribution in [3.8, 4) is 0 Å². The molecule has 5 saturated heterocycles. The van der Waals surface area contributed by atoms with Crippen molar-refractivity contribution in [1.29, 1.82) is 0 Å². The van der Waals surface area contributed by atoms with Gasteiger partial charge in [-0.2, -0.15) is 0 Å². The third kappa shape index (κ3) is 8.14. The molecule has 11 nitrogen and oxygen atoms in total. The maximum Gasteiger partial charge on any atom is 0.311 e. The van der Waals surface area contributed by atoms with Crippen LogP contribution in [0.4, 0.5) is 0 Å². The molecule has 0 saturated carbocycles. The fourth-order valence-electron chi connectivity index (χ4n) is 11.3. The molecule has 0 unspecified atom stereocenters. The number of aldehydes is 1. The van der Waals surface area contributed by atoms with Gasteiger partial charge in [0.15, 0.2) is 12.1 Å². The summed E-state index contributed by atoms with van der Waals surface area (Å²) in [6.07, 6.45) is 5.42. The number of rotatable bonds is 14. The van der Waals surface area contributed by atoms with E-state index in [0.717, 1.165) is 50.4 Å². The van der Waals surface area contributed by atoms with Crippen LogP contribution in [-0.4, -0.2) is 99.1 Å².